The summed E-state index contributed by atoms with van der Waals surface area (Å²) >= 11 is 2.20. The van der Waals surface area contributed by atoms with Crippen LogP contribution in [0.1, 0.15) is 5.56 Å². The molecule has 3 aromatic carbocycles. The minimum absolute atomic E-state index is 0.0131. The van der Waals surface area contributed by atoms with E-state index >= 15 is 0 Å². The number of azo groups is 1. The molecule has 0 saturated heterocycles. The van der Waals surface area contributed by atoms with Crippen LogP contribution >= 0.6 is 22.6 Å². The highest BCUT2D eigenvalue weighted by molar-refractivity contribution is 14.1. The van der Waals surface area contributed by atoms with Crippen molar-refractivity contribution in [1.29, 1.82) is 0 Å². The van der Waals surface area contributed by atoms with E-state index in [1.165, 1.54) is 30.3 Å². The van der Waals surface area contributed by atoms with Crippen LogP contribution in [0, 0.1) is 15.2 Å². The van der Waals surface area contributed by atoms with E-state index in [1.54, 1.807) is 18.2 Å². The molecule has 0 amide bonds. The van der Waals surface area contributed by atoms with E-state index in [0.29, 0.717) is 0 Å². The van der Waals surface area contributed by atoms with Gasteiger partial charge in [-0.05, 0) is 64.6 Å². The third-order valence-electron chi connectivity index (χ3n) is 4.44. The molecule has 4 aromatic rings. The Kier molecular flexibility index (Phi) is 5.84. The SMILES string of the molecule is O=c1c(N=NCc2ccc(I)cc2)c(-c2ccccc2F)[nH]n1-c1ccccc1F. The van der Waals surface area contributed by atoms with Crippen molar-refractivity contribution in [3.8, 4) is 16.9 Å². The molecule has 8 heteroatoms. The van der Waals surface area contributed by atoms with Crippen molar-refractivity contribution in [3.05, 3.63) is 104 Å². The summed E-state index contributed by atoms with van der Waals surface area (Å²) < 4.78 is 30.8. The summed E-state index contributed by atoms with van der Waals surface area (Å²) in [6.07, 6.45) is 0. The van der Waals surface area contributed by atoms with Crippen molar-refractivity contribution in [3.63, 3.8) is 0 Å². The smallest absolute Gasteiger partial charge is 0.288 e. The average Bonchev–Trinajstić information content (AvgIpc) is 3.06. The summed E-state index contributed by atoms with van der Waals surface area (Å²) in [6, 6.07) is 19.5. The van der Waals surface area contributed by atoms with Gasteiger partial charge in [-0.1, -0.05) is 36.4 Å². The molecule has 4 rings (SSSR count). The second-order valence-electron chi connectivity index (χ2n) is 6.43. The van der Waals surface area contributed by atoms with Gasteiger partial charge in [0, 0.05) is 9.13 Å². The van der Waals surface area contributed by atoms with E-state index in [9.17, 15) is 13.6 Å². The van der Waals surface area contributed by atoms with Crippen molar-refractivity contribution >= 4 is 28.3 Å². The number of halogens is 3. The summed E-state index contributed by atoms with van der Waals surface area (Å²) in [5, 5.41) is 11.0. The van der Waals surface area contributed by atoms with Gasteiger partial charge >= 0.3 is 0 Å². The van der Waals surface area contributed by atoms with E-state index < -0.39 is 17.2 Å². The molecule has 0 unspecified atom stereocenters. The van der Waals surface area contributed by atoms with Crippen LogP contribution in [-0.4, -0.2) is 9.78 Å². The van der Waals surface area contributed by atoms with Crippen LogP contribution in [0.25, 0.3) is 16.9 Å². The predicted molar refractivity (Wildman–Crippen MR) is 119 cm³/mol. The van der Waals surface area contributed by atoms with Crippen molar-refractivity contribution in [2.24, 2.45) is 10.2 Å². The highest BCUT2D eigenvalue weighted by Gasteiger charge is 2.20. The largest absolute Gasteiger partial charge is 0.299 e. The van der Waals surface area contributed by atoms with E-state index in [0.717, 1.165) is 13.8 Å². The number of nitrogens with one attached hydrogen (secondary N) is 1. The number of benzene rings is 3. The minimum Gasteiger partial charge on any atom is -0.288 e. The maximum absolute atomic E-state index is 14.4. The van der Waals surface area contributed by atoms with Crippen molar-refractivity contribution in [2.75, 3.05) is 0 Å². The number of para-hydroxylation sites is 1. The summed E-state index contributed by atoms with van der Waals surface area (Å²) in [7, 11) is 0. The molecule has 1 aromatic heterocycles. The van der Waals surface area contributed by atoms with Gasteiger partial charge in [0.25, 0.3) is 5.56 Å². The third kappa shape index (κ3) is 4.09. The Labute approximate surface area is 184 Å². The Morgan fingerprint density at radius 2 is 1.57 bits per heavy atom. The van der Waals surface area contributed by atoms with Crippen LogP contribution in [0.3, 0.4) is 0 Å². The molecule has 150 valence electrons. The monoisotopic (exact) mass is 516 g/mol. The number of hydrogen-bond acceptors (Lipinski definition) is 3. The fourth-order valence-electron chi connectivity index (χ4n) is 2.95. The molecule has 30 heavy (non-hydrogen) atoms. The number of nitrogens with zero attached hydrogens (tertiary/aromatic N) is 3. The Bertz CT molecular complexity index is 1280. The molecule has 5 nitrogen and oxygen atoms in total. The summed E-state index contributed by atoms with van der Waals surface area (Å²) in [6.45, 7) is 0.248. The van der Waals surface area contributed by atoms with Crippen LogP contribution < -0.4 is 5.56 Å². The number of aromatic amines is 1. The van der Waals surface area contributed by atoms with Crippen LogP contribution in [0.4, 0.5) is 14.5 Å². The molecule has 0 aliphatic heterocycles. The third-order valence-corrected chi connectivity index (χ3v) is 5.16. The molecule has 0 spiro atoms. The normalized spacial score (nSPS) is 11.3. The maximum Gasteiger partial charge on any atom is 0.299 e. The minimum atomic E-state index is -0.621. The van der Waals surface area contributed by atoms with Gasteiger partial charge in [-0.3, -0.25) is 9.89 Å². The lowest BCUT2D eigenvalue weighted by Gasteiger charge is -2.03. The Morgan fingerprint density at radius 1 is 0.900 bits per heavy atom. The first-order chi connectivity index (χ1) is 14.5. The van der Waals surface area contributed by atoms with Gasteiger partial charge in [-0.25, -0.2) is 13.5 Å². The molecule has 0 fully saturated rings. The highest BCUT2D eigenvalue weighted by Crippen LogP contribution is 2.29. The molecule has 0 aliphatic rings. The van der Waals surface area contributed by atoms with Crippen molar-refractivity contribution in [2.45, 2.75) is 6.54 Å². The zero-order chi connectivity index (χ0) is 21.1. The Hall–Kier alpha value is -3.14. The molecule has 1 heterocycles. The van der Waals surface area contributed by atoms with Crippen LogP contribution in [0.5, 0.6) is 0 Å². The molecule has 1 N–H and O–H groups in total. The zero-order valence-electron chi connectivity index (χ0n) is 15.5. The zero-order valence-corrected chi connectivity index (χ0v) is 17.7. The molecule has 0 radical (unpaired) electrons. The van der Waals surface area contributed by atoms with Crippen LogP contribution in [-0.2, 0) is 6.54 Å². The molecular weight excluding hydrogens is 501 g/mol. The Balaban J connectivity index is 1.80. The summed E-state index contributed by atoms with van der Waals surface area (Å²) in [5.41, 5.74) is 0.495. The van der Waals surface area contributed by atoms with Crippen molar-refractivity contribution in [1.82, 2.24) is 9.78 Å². The van der Waals surface area contributed by atoms with E-state index in [4.69, 9.17) is 0 Å². The number of hydrogen-bond donors (Lipinski definition) is 1. The van der Waals surface area contributed by atoms with Gasteiger partial charge in [0.1, 0.15) is 17.3 Å². The summed E-state index contributed by atoms with van der Waals surface area (Å²) in [5.74, 6) is -1.13. The Morgan fingerprint density at radius 3 is 2.27 bits per heavy atom. The lowest BCUT2D eigenvalue weighted by Crippen LogP contribution is -2.15. The van der Waals surface area contributed by atoms with E-state index in [-0.39, 0.29) is 29.2 Å². The summed E-state index contributed by atoms with van der Waals surface area (Å²) in [4.78, 5) is 13.0. The van der Waals surface area contributed by atoms with Gasteiger partial charge in [0.15, 0.2) is 5.69 Å². The van der Waals surface area contributed by atoms with Gasteiger partial charge in [0.05, 0.1) is 12.2 Å². The highest BCUT2D eigenvalue weighted by atomic mass is 127. The number of H-pyrrole nitrogens is 1. The quantitative estimate of drug-likeness (QED) is 0.257. The van der Waals surface area contributed by atoms with Crippen LogP contribution in [0.15, 0.2) is 87.8 Å². The topological polar surface area (TPSA) is 62.5 Å². The van der Waals surface area contributed by atoms with Gasteiger partial charge in [-0.2, -0.15) is 5.11 Å². The lowest BCUT2D eigenvalue weighted by molar-refractivity contribution is 0.608. The molecule has 0 aliphatic carbocycles. The second-order valence-corrected chi connectivity index (χ2v) is 7.68. The van der Waals surface area contributed by atoms with Crippen LogP contribution in [0.2, 0.25) is 0 Å². The molecule has 0 saturated carbocycles. The maximum atomic E-state index is 14.4. The van der Waals surface area contributed by atoms with Crippen molar-refractivity contribution < 1.29 is 8.78 Å². The standard InChI is InChI=1S/C22H15F2IN4O/c23-17-6-2-1-5-16(17)20-21(27-26-13-14-9-11-15(25)12-10-14)22(30)29(28-20)19-8-4-3-7-18(19)24/h1-12,28H,13H2. The predicted octanol–water partition coefficient (Wildman–Crippen LogP) is 6.00. The van der Waals surface area contributed by atoms with Gasteiger partial charge in [-0.15, -0.1) is 5.11 Å². The first-order valence-electron chi connectivity index (χ1n) is 9.01. The number of aromatic nitrogens is 2. The van der Waals surface area contributed by atoms with Gasteiger partial charge < -0.3 is 0 Å². The fraction of sp³-hybridized carbons (Fsp3) is 0.0455. The average molecular weight is 516 g/mol. The van der Waals surface area contributed by atoms with Gasteiger partial charge in [0.2, 0.25) is 0 Å². The van der Waals surface area contributed by atoms with E-state index in [2.05, 4.69) is 37.9 Å². The first kappa shape index (κ1) is 20.1. The molecule has 0 atom stereocenters. The molecule has 0 bridgehead atoms. The fourth-order valence-corrected chi connectivity index (χ4v) is 3.31. The first-order valence-corrected chi connectivity index (χ1v) is 10.1. The van der Waals surface area contributed by atoms with E-state index in [1.807, 2.05) is 24.3 Å². The number of rotatable bonds is 5. The second kappa shape index (κ2) is 8.70. The molecular formula is C22H15F2IN4O. The lowest BCUT2D eigenvalue weighted by atomic mass is 10.1.